The molecule has 0 amide bonds. The molecule has 1 aromatic heterocycles. The van der Waals surface area contributed by atoms with Gasteiger partial charge in [0.05, 0.1) is 17.6 Å². The number of imidazole rings is 1. The van der Waals surface area contributed by atoms with E-state index >= 15 is 0 Å². The van der Waals surface area contributed by atoms with Crippen LogP contribution < -0.4 is 5.32 Å². The lowest BCUT2D eigenvalue weighted by molar-refractivity contribution is 0.118. The van der Waals surface area contributed by atoms with Gasteiger partial charge in [0.1, 0.15) is 5.82 Å². The third kappa shape index (κ3) is 3.43. The summed E-state index contributed by atoms with van der Waals surface area (Å²) in [5, 5.41) is 3.11. The van der Waals surface area contributed by atoms with Gasteiger partial charge in [-0.2, -0.15) is 0 Å². The molecule has 0 saturated heterocycles. The molecule has 0 saturated carbocycles. The quantitative estimate of drug-likeness (QED) is 0.776. The van der Waals surface area contributed by atoms with Crippen molar-refractivity contribution >= 4 is 17.0 Å². The van der Waals surface area contributed by atoms with Crippen molar-refractivity contribution in [1.82, 2.24) is 9.97 Å². The van der Waals surface area contributed by atoms with Crippen LogP contribution in [0.4, 0.5) is 10.3 Å². The highest BCUT2D eigenvalue weighted by molar-refractivity contribution is 5.77. The van der Waals surface area contributed by atoms with Crippen molar-refractivity contribution in [3.8, 4) is 0 Å². The van der Waals surface area contributed by atoms with Gasteiger partial charge >= 0.3 is 0 Å². The van der Waals surface area contributed by atoms with Gasteiger partial charge in [-0.25, -0.2) is 9.37 Å². The first kappa shape index (κ1) is 12.8. The zero-order valence-electron chi connectivity index (χ0n) is 10.7. The Labute approximate surface area is 106 Å². The lowest BCUT2D eigenvalue weighted by atomic mass is 10.2. The van der Waals surface area contributed by atoms with E-state index in [1.54, 1.807) is 6.07 Å². The molecule has 1 aromatic carbocycles. The summed E-state index contributed by atoms with van der Waals surface area (Å²) in [6, 6.07) is 4.49. The minimum absolute atomic E-state index is 0.266. The topological polar surface area (TPSA) is 49.9 Å². The van der Waals surface area contributed by atoms with Crippen LogP contribution in [-0.4, -0.2) is 29.7 Å². The van der Waals surface area contributed by atoms with Crippen LogP contribution in [0.1, 0.15) is 13.8 Å². The van der Waals surface area contributed by atoms with Crippen molar-refractivity contribution in [2.24, 2.45) is 5.92 Å². The molecule has 4 nitrogen and oxygen atoms in total. The molecule has 18 heavy (non-hydrogen) atoms. The van der Waals surface area contributed by atoms with E-state index in [1.165, 1.54) is 12.1 Å². The van der Waals surface area contributed by atoms with Gasteiger partial charge in [0, 0.05) is 13.2 Å². The number of halogens is 1. The Morgan fingerprint density at radius 1 is 1.44 bits per heavy atom. The van der Waals surface area contributed by atoms with Crippen LogP contribution in [0.15, 0.2) is 18.2 Å². The van der Waals surface area contributed by atoms with E-state index in [1.807, 2.05) is 0 Å². The van der Waals surface area contributed by atoms with Gasteiger partial charge in [0.15, 0.2) is 0 Å². The molecule has 1 heterocycles. The second-order valence-corrected chi connectivity index (χ2v) is 4.64. The summed E-state index contributed by atoms with van der Waals surface area (Å²) in [6.07, 6.45) is 0. The summed E-state index contributed by atoms with van der Waals surface area (Å²) >= 11 is 0. The number of benzene rings is 1. The average molecular weight is 251 g/mol. The molecule has 98 valence electrons. The Hall–Kier alpha value is -1.62. The number of hydrogen-bond acceptors (Lipinski definition) is 3. The van der Waals surface area contributed by atoms with Crippen molar-refractivity contribution in [3.05, 3.63) is 24.0 Å². The highest BCUT2D eigenvalue weighted by Crippen LogP contribution is 2.15. The number of fused-ring (bicyclic) bond motifs is 1. The molecule has 0 aliphatic heterocycles. The van der Waals surface area contributed by atoms with Gasteiger partial charge in [-0.15, -0.1) is 0 Å². The van der Waals surface area contributed by atoms with Crippen molar-refractivity contribution in [1.29, 1.82) is 0 Å². The molecule has 0 radical (unpaired) electrons. The number of anilines is 1. The van der Waals surface area contributed by atoms with E-state index in [-0.39, 0.29) is 5.82 Å². The second kappa shape index (κ2) is 5.82. The predicted octanol–water partition coefficient (Wildman–Crippen LogP) is 2.79. The van der Waals surface area contributed by atoms with Crippen LogP contribution in [0, 0.1) is 11.7 Å². The standard InChI is InChI=1S/C13H18FN3O/c1-9(2)8-18-6-5-15-13-16-11-4-3-10(14)7-12(11)17-13/h3-4,7,9H,5-6,8H2,1-2H3,(H2,15,16,17). The van der Waals surface area contributed by atoms with E-state index in [0.29, 0.717) is 30.5 Å². The van der Waals surface area contributed by atoms with Crippen LogP contribution in [0.25, 0.3) is 11.0 Å². The highest BCUT2D eigenvalue weighted by Gasteiger charge is 2.03. The van der Waals surface area contributed by atoms with Crippen molar-refractivity contribution in [2.75, 3.05) is 25.1 Å². The number of nitrogens with one attached hydrogen (secondary N) is 2. The fourth-order valence-electron chi connectivity index (χ4n) is 1.63. The Kier molecular flexibility index (Phi) is 4.15. The molecule has 0 aliphatic rings. The van der Waals surface area contributed by atoms with Crippen molar-refractivity contribution in [2.45, 2.75) is 13.8 Å². The summed E-state index contributed by atoms with van der Waals surface area (Å²) in [4.78, 5) is 7.32. The van der Waals surface area contributed by atoms with E-state index in [0.717, 1.165) is 12.1 Å². The zero-order chi connectivity index (χ0) is 13.0. The molecule has 2 aromatic rings. The van der Waals surface area contributed by atoms with Gasteiger partial charge in [0.2, 0.25) is 5.95 Å². The summed E-state index contributed by atoms with van der Waals surface area (Å²) in [6.45, 7) is 6.29. The van der Waals surface area contributed by atoms with Crippen LogP contribution >= 0.6 is 0 Å². The summed E-state index contributed by atoms with van der Waals surface area (Å²) < 4.78 is 18.4. The highest BCUT2D eigenvalue weighted by atomic mass is 19.1. The molecular formula is C13H18FN3O. The zero-order valence-corrected chi connectivity index (χ0v) is 10.7. The van der Waals surface area contributed by atoms with E-state index in [9.17, 15) is 4.39 Å². The Morgan fingerprint density at radius 2 is 2.28 bits per heavy atom. The Bertz CT molecular complexity index is 510. The van der Waals surface area contributed by atoms with Crippen LogP contribution in [0.5, 0.6) is 0 Å². The monoisotopic (exact) mass is 251 g/mol. The maximum atomic E-state index is 13.0. The van der Waals surface area contributed by atoms with Gasteiger partial charge in [-0.05, 0) is 24.1 Å². The number of hydrogen-bond donors (Lipinski definition) is 2. The molecule has 0 fully saturated rings. The van der Waals surface area contributed by atoms with E-state index in [2.05, 4.69) is 29.1 Å². The minimum Gasteiger partial charge on any atom is -0.379 e. The first-order valence-corrected chi connectivity index (χ1v) is 6.12. The largest absolute Gasteiger partial charge is 0.379 e. The predicted molar refractivity (Wildman–Crippen MR) is 70.2 cm³/mol. The van der Waals surface area contributed by atoms with Crippen LogP contribution in [0.2, 0.25) is 0 Å². The van der Waals surface area contributed by atoms with Crippen LogP contribution in [-0.2, 0) is 4.74 Å². The molecule has 2 N–H and O–H groups in total. The Balaban J connectivity index is 1.84. The van der Waals surface area contributed by atoms with Crippen molar-refractivity contribution in [3.63, 3.8) is 0 Å². The maximum absolute atomic E-state index is 13.0. The number of H-pyrrole nitrogens is 1. The minimum atomic E-state index is -0.266. The molecule has 0 bridgehead atoms. The molecule has 2 rings (SSSR count). The number of rotatable bonds is 6. The van der Waals surface area contributed by atoms with Gasteiger partial charge in [0.25, 0.3) is 0 Å². The molecule has 0 unspecified atom stereocenters. The van der Waals surface area contributed by atoms with Gasteiger partial charge < -0.3 is 15.0 Å². The maximum Gasteiger partial charge on any atom is 0.201 e. The third-order valence-electron chi connectivity index (χ3n) is 2.43. The smallest absolute Gasteiger partial charge is 0.201 e. The lowest BCUT2D eigenvalue weighted by Crippen LogP contribution is -2.12. The Morgan fingerprint density at radius 3 is 3.06 bits per heavy atom. The normalized spacial score (nSPS) is 11.3. The second-order valence-electron chi connectivity index (χ2n) is 4.64. The number of aromatic nitrogens is 2. The van der Waals surface area contributed by atoms with E-state index < -0.39 is 0 Å². The summed E-state index contributed by atoms with van der Waals surface area (Å²) in [5.41, 5.74) is 1.45. The average Bonchev–Trinajstić information content (AvgIpc) is 2.70. The van der Waals surface area contributed by atoms with Gasteiger partial charge in [-0.3, -0.25) is 0 Å². The fraction of sp³-hybridized carbons (Fsp3) is 0.462. The SMILES string of the molecule is CC(C)COCCNc1nc2ccc(F)cc2[nH]1. The van der Waals surface area contributed by atoms with Crippen molar-refractivity contribution < 1.29 is 9.13 Å². The van der Waals surface area contributed by atoms with Crippen LogP contribution in [0.3, 0.4) is 0 Å². The third-order valence-corrected chi connectivity index (χ3v) is 2.43. The lowest BCUT2D eigenvalue weighted by Gasteiger charge is -2.06. The molecule has 5 heteroatoms. The summed E-state index contributed by atoms with van der Waals surface area (Å²) in [7, 11) is 0. The summed E-state index contributed by atoms with van der Waals surface area (Å²) in [5.74, 6) is 0.917. The van der Waals surface area contributed by atoms with Gasteiger partial charge in [-0.1, -0.05) is 13.8 Å². The van der Waals surface area contributed by atoms with E-state index in [4.69, 9.17) is 4.74 Å². The first-order valence-electron chi connectivity index (χ1n) is 6.12. The number of nitrogens with zero attached hydrogens (tertiary/aromatic N) is 1. The molecule has 0 spiro atoms. The number of aromatic amines is 1. The number of ether oxygens (including phenoxy) is 1. The molecular weight excluding hydrogens is 233 g/mol. The molecule has 0 atom stereocenters. The molecule has 0 aliphatic carbocycles. The first-order chi connectivity index (χ1) is 8.65. The fourth-order valence-corrected chi connectivity index (χ4v) is 1.63.